The van der Waals surface area contributed by atoms with Gasteiger partial charge in [-0.25, -0.2) is 0 Å². The molecule has 0 atom stereocenters. The van der Waals surface area contributed by atoms with Gasteiger partial charge in [-0.05, 0) is 18.2 Å². The molecule has 0 fully saturated rings. The molecule has 0 bridgehead atoms. The zero-order chi connectivity index (χ0) is 14.5. The number of carbonyl (C=O) groups excluding carboxylic acids is 2. The summed E-state index contributed by atoms with van der Waals surface area (Å²) in [6, 6.07) is 6.85. The predicted molar refractivity (Wildman–Crippen MR) is 77.1 cm³/mol. The maximum absolute atomic E-state index is 11.9. The van der Waals surface area contributed by atoms with E-state index in [4.69, 9.17) is 0 Å². The fourth-order valence-electron chi connectivity index (χ4n) is 1.32. The van der Waals surface area contributed by atoms with Crippen molar-refractivity contribution in [3.8, 4) is 0 Å². The Balaban J connectivity index is 2.80. The number of rotatable bonds is 4. The molecule has 0 radical (unpaired) electrons. The van der Waals surface area contributed by atoms with E-state index < -0.39 is 5.41 Å². The Labute approximate surface area is 113 Å². The fraction of sp³-hybridized carbons (Fsp3) is 0.333. The van der Waals surface area contributed by atoms with Gasteiger partial charge < -0.3 is 10.6 Å². The molecule has 19 heavy (non-hydrogen) atoms. The molecule has 0 aliphatic carbocycles. The molecular weight excluding hydrogens is 240 g/mol. The largest absolute Gasteiger partial charge is 0.349 e. The number of nitrogens with one attached hydrogen (secondary N) is 2. The van der Waals surface area contributed by atoms with Crippen LogP contribution in [0.1, 0.15) is 31.1 Å². The van der Waals surface area contributed by atoms with E-state index in [2.05, 4.69) is 17.2 Å². The van der Waals surface area contributed by atoms with E-state index in [0.29, 0.717) is 17.8 Å². The Morgan fingerprint density at radius 1 is 1.32 bits per heavy atom. The first-order chi connectivity index (χ1) is 8.84. The van der Waals surface area contributed by atoms with Crippen LogP contribution in [0.4, 0.5) is 5.69 Å². The summed E-state index contributed by atoms with van der Waals surface area (Å²) in [6.07, 6.45) is 1.61. The maximum atomic E-state index is 11.9. The predicted octanol–water partition coefficient (Wildman–Crippen LogP) is 2.59. The van der Waals surface area contributed by atoms with E-state index in [1.54, 1.807) is 30.3 Å². The summed E-state index contributed by atoms with van der Waals surface area (Å²) in [5, 5.41) is 5.48. The molecule has 0 aliphatic rings. The normalized spacial score (nSPS) is 10.7. The Morgan fingerprint density at radius 3 is 2.58 bits per heavy atom. The lowest BCUT2D eigenvalue weighted by atomic mass is 9.95. The van der Waals surface area contributed by atoms with Crippen LogP contribution in [0.25, 0.3) is 0 Å². The summed E-state index contributed by atoms with van der Waals surface area (Å²) in [5.74, 6) is -0.275. The summed E-state index contributed by atoms with van der Waals surface area (Å²) in [4.78, 5) is 23.6. The van der Waals surface area contributed by atoms with Crippen LogP contribution in [0, 0.1) is 5.41 Å². The lowest BCUT2D eigenvalue weighted by Gasteiger charge is -2.17. The smallest absolute Gasteiger partial charge is 0.251 e. The van der Waals surface area contributed by atoms with Crippen molar-refractivity contribution in [3.05, 3.63) is 42.5 Å². The minimum absolute atomic E-state index is 0.0869. The first-order valence-corrected chi connectivity index (χ1v) is 6.15. The Kier molecular flexibility index (Phi) is 4.87. The monoisotopic (exact) mass is 260 g/mol. The van der Waals surface area contributed by atoms with E-state index in [-0.39, 0.29) is 11.8 Å². The van der Waals surface area contributed by atoms with Crippen molar-refractivity contribution in [3.63, 3.8) is 0 Å². The number of hydrogen-bond donors (Lipinski definition) is 2. The molecule has 0 unspecified atom stereocenters. The van der Waals surface area contributed by atoms with Gasteiger partial charge in [0.05, 0.1) is 0 Å². The number of amides is 2. The van der Waals surface area contributed by atoms with Gasteiger partial charge in [0, 0.05) is 23.2 Å². The molecular formula is C15H20N2O2. The van der Waals surface area contributed by atoms with Crippen molar-refractivity contribution in [2.75, 3.05) is 11.9 Å². The average molecular weight is 260 g/mol. The topological polar surface area (TPSA) is 58.2 Å². The van der Waals surface area contributed by atoms with Gasteiger partial charge in [0.25, 0.3) is 5.91 Å². The fourth-order valence-corrected chi connectivity index (χ4v) is 1.32. The highest BCUT2D eigenvalue weighted by Gasteiger charge is 2.21. The zero-order valence-corrected chi connectivity index (χ0v) is 11.6. The minimum atomic E-state index is -0.471. The van der Waals surface area contributed by atoms with Gasteiger partial charge in [-0.1, -0.05) is 32.9 Å². The summed E-state index contributed by atoms with van der Waals surface area (Å²) in [5.41, 5.74) is 0.654. The Bertz CT molecular complexity index is 487. The Morgan fingerprint density at radius 2 is 2.00 bits per heavy atom. The highest BCUT2D eigenvalue weighted by atomic mass is 16.2. The molecule has 1 rings (SSSR count). The average Bonchev–Trinajstić information content (AvgIpc) is 2.35. The highest BCUT2D eigenvalue weighted by Crippen LogP contribution is 2.18. The van der Waals surface area contributed by atoms with Crippen molar-refractivity contribution in [2.24, 2.45) is 5.41 Å². The van der Waals surface area contributed by atoms with Gasteiger partial charge in [-0.2, -0.15) is 0 Å². The molecule has 0 spiro atoms. The van der Waals surface area contributed by atoms with Crippen LogP contribution in [0.2, 0.25) is 0 Å². The zero-order valence-electron chi connectivity index (χ0n) is 11.6. The lowest BCUT2D eigenvalue weighted by Crippen LogP contribution is -2.28. The van der Waals surface area contributed by atoms with Crippen molar-refractivity contribution in [1.82, 2.24) is 5.32 Å². The summed E-state index contributed by atoms with van der Waals surface area (Å²) in [6.45, 7) is 9.46. The third-order valence-corrected chi connectivity index (χ3v) is 2.47. The van der Waals surface area contributed by atoms with Crippen LogP contribution in [0.15, 0.2) is 36.9 Å². The quantitative estimate of drug-likeness (QED) is 0.817. The molecule has 0 saturated heterocycles. The molecule has 1 aromatic rings. The van der Waals surface area contributed by atoms with Gasteiger partial charge in [0.2, 0.25) is 5.91 Å². The standard InChI is InChI=1S/C15H20N2O2/c1-5-9-16-13(18)11-7-6-8-12(10-11)17-14(19)15(2,3)4/h5-8,10H,1,9H2,2-4H3,(H,16,18)(H,17,19). The van der Waals surface area contributed by atoms with E-state index in [0.717, 1.165) is 0 Å². The number of carbonyl (C=O) groups is 2. The van der Waals surface area contributed by atoms with Crippen LogP contribution in [-0.4, -0.2) is 18.4 Å². The van der Waals surface area contributed by atoms with E-state index >= 15 is 0 Å². The van der Waals surface area contributed by atoms with E-state index in [1.165, 1.54) is 0 Å². The number of benzene rings is 1. The van der Waals surface area contributed by atoms with Crippen LogP contribution in [-0.2, 0) is 4.79 Å². The molecule has 1 aromatic carbocycles. The molecule has 0 heterocycles. The molecule has 4 heteroatoms. The van der Waals surface area contributed by atoms with Gasteiger partial charge in [0.15, 0.2) is 0 Å². The second-order valence-corrected chi connectivity index (χ2v) is 5.28. The molecule has 0 saturated carbocycles. The number of hydrogen-bond acceptors (Lipinski definition) is 2. The van der Waals surface area contributed by atoms with Crippen molar-refractivity contribution in [1.29, 1.82) is 0 Å². The van der Waals surface area contributed by atoms with Crippen LogP contribution >= 0.6 is 0 Å². The second-order valence-electron chi connectivity index (χ2n) is 5.28. The van der Waals surface area contributed by atoms with Crippen LogP contribution < -0.4 is 10.6 Å². The maximum Gasteiger partial charge on any atom is 0.251 e. The van der Waals surface area contributed by atoms with Gasteiger partial charge >= 0.3 is 0 Å². The summed E-state index contributed by atoms with van der Waals surface area (Å²) >= 11 is 0. The summed E-state index contributed by atoms with van der Waals surface area (Å²) in [7, 11) is 0. The van der Waals surface area contributed by atoms with E-state index in [9.17, 15) is 9.59 Å². The first-order valence-electron chi connectivity index (χ1n) is 6.15. The third-order valence-electron chi connectivity index (χ3n) is 2.47. The molecule has 4 nitrogen and oxygen atoms in total. The molecule has 0 aromatic heterocycles. The molecule has 0 aliphatic heterocycles. The SMILES string of the molecule is C=CCNC(=O)c1cccc(NC(=O)C(C)(C)C)c1. The van der Waals surface area contributed by atoms with E-state index in [1.807, 2.05) is 20.8 Å². The molecule has 102 valence electrons. The van der Waals surface area contributed by atoms with Gasteiger partial charge in [-0.3, -0.25) is 9.59 Å². The van der Waals surface area contributed by atoms with Crippen LogP contribution in [0.3, 0.4) is 0 Å². The highest BCUT2D eigenvalue weighted by molar-refractivity contribution is 5.98. The second kappa shape index (κ2) is 6.18. The van der Waals surface area contributed by atoms with Gasteiger partial charge in [-0.15, -0.1) is 6.58 Å². The first kappa shape index (κ1) is 15.0. The lowest BCUT2D eigenvalue weighted by molar-refractivity contribution is -0.123. The number of anilines is 1. The van der Waals surface area contributed by atoms with Crippen molar-refractivity contribution < 1.29 is 9.59 Å². The van der Waals surface area contributed by atoms with Crippen molar-refractivity contribution in [2.45, 2.75) is 20.8 Å². The van der Waals surface area contributed by atoms with Gasteiger partial charge in [0.1, 0.15) is 0 Å². The Hall–Kier alpha value is -2.10. The molecule has 2 N–H and O–H groups in total. The third kappa shape index (κ3) is 4.58. The van der Waals surface area contributed by atoms with Crippen molar-refractivity contribution >= 4 is 17.5 Å². The van der Waals surface area contributed by atoms with Crippen LogP contribution in [0.5, 0.6) is 0 Å². The minimum Gasteiger partial charge on any atom is -0.349 e. The molecule has 2 amide bonds. The summed E-state index contributed by atoms with van der Waals surface area (Å²) < 4.78 is 0.